The number of carbonyl (C=O) groups is 2. The SMILES string of the molecule is O=C(O)COc1ccccc1NC(=O)c1ccncc1O. The van der Waals surface area contributed by atoms with Gasteiger partial charge in [-0.15, -0.1) is 0 Å². The number of benzene rings is 1. The number of para-hydroxylation sites is 2. The Kier molecular flexibility index (Phi) is 4.35. The van der Waals surface area contributed by atoms with Crippen molar-refractivity contribution >= 4 is 17.6 Å². The Morgan fingerprint density at radius 1 is 1.24 bits per heavy atom. The summed E-state index contributed by atoms with van der Waals surface area (Å²) < 4.78 is 5.08. The normalized spacial score (nSPS) is 9.90. The Morgan fingerprint density at radius 3 is 2.71 bits per heavy atom. The van der Waals surface area contributed by atoms with Crippen LogP contribution in [0.3, 0.4) is 0 Å². The first kappa shape index (κ1) is 14.3. The number of carboxylic acid groups (broad SMARTS) is 1. The minimum atomic E-state index is -1.12. The van der Waals surface area contributed by atoms with Gasteiger partial charge in [-0.05, 0) is 18.2 Å². The van der Waals surface area contributed by atoms with Gasteiger partial charge in [0.1, 0.15) is 11.5 Å². The number of nitrogens with one attached hydrogen (secondary N) is 1. The molecule has 0 spiro atoms. The summed E-state index contributed by atoms with van der Waals surface area (Å²) in [5.74, 6) is -1.70. The van der Waals surface area contributed by atoms with Gasteiger partial charge in [-0.1, -0.05) is 12.1 Å². The molecule has 0 fully saturated rings. The Balaban J connectivity index is 2.18. The van der Waals surface area contributed by atoms with Gasteiger partial charge >= 0.3 is 5.97 Å². The second-order valence-corrected chi connectivity index (χ2v) is 4.03. The molecule has 1 aromatic carbocycles. The maximum absolute atomic E-state index is 12.1. The minimum Gasteiger partial charge on any atom is -0.505 e. The molecular formula is C14H12N2O5. The van der Waals surface area contributed by atoms with Crippen molar-refractivity contribution in [2.24, 2.45) is 0 Å². The van der Waals surface area contributed by atoms with Crippen LogP contribution in [0.5, 0.6) is 11.5 Å². The van der Waals surface area contributed by atoms with E-state index in [2.05, 4.69) is 10.3 Å². The summed E-state index contributed by atoms with van der Waals surface area (Å²) in [5.41, 5.74) is 0.359. The molecule has 0 saturated heterocycles. The molecule has 1 aromatic heterocycles. The molecule has 0 aliphatic carbocycles. The van der Waals surface area contributed by atoms with Gasteiger partial charge in [0.2, 0.25) is 0 Å². The topological polar surface area (TPSA) is 109 Å². The maximum atomic E-state index is 12.1. The number of aromatic hydroxyl groups is 1. The van der Waals surface area contributed by atoms with Gasteiger partial charge in [0.15, 0.2) is 6.61 Å². The first-order chi connectivity index (χ1) is 10.1. The number of carbonyl (C=O) groups excluding carboxylic acids is 1. The molecule has 0 aliphatic rings. The number of nitrogens with zero attached hydrogens (tertiary/aromatic N) is 1. The third-order valence-electron chi connectivity index (χ3n) is 2.53. The molecule has 0 aliphatic heterocycles. The average Bonchev–Trinajstić information content (AvgIpc) is 2.46. The number of hydrogen-bond donors (Lipinski definition) is 3. The predicted molar refractivity (Wildman–Crippen MR) is 73.4 cm³/mol. The molecule has 108 valence electrons. The number of ether oxygens (including phenoxy) is 1. The van der Waals surface area contributed by atoms with Crippen molar-refractivity contribution in [2.75, 3.05) is 11.9 Å². The van der Waals surface area contributed by atoms with Gasteiger partial charge in [-0.3, -0.25) is 9.78 Å². The Bertz CT molecular complexity index is 672. The molecule has 2 aromatic rings. The highest BCUT2D eigenvalue weighted by molar-refractivity contribution is 6.06. The first-order valence-electron chi connectivity index (χ1n) is 5.96. The van der Waals surface area contributed by atoms with Gasteiger partial charge in [-0.25, -0.2) is 4.79 Å². The fraction of sp³-hybridized carbons (Fsp3) is 0.0714. The van der Waals surface area contributed by atoms with Gasteiger partial charge in [0.05, 0.1) is 17.4 Å². The molecule has 1 amide bonds. The lowest BCUT2D eigenvalue weighted by molar-refractivity contribution is -0.139. The van der Waals surface area contributed by atoms with Crippen molar-refractivity contribution in [3.63, 3.8) is 0 Å². The maximum Gasteiger partial charge on any atom is 0.341 e. The van der Waals surface area contributed by atoms with E-state index in [1.807, 2.05) is 0 Å². The van der Waals surface area contributed by atoms with Crippen molar-refractivity contribution in [1.29, 1.82) is 0 Å². The van der Waals surface area contributed by atoms with E-state index in [-0.39, 0.29) is 17.1 Å². The van der Waals surface area contributed by atoms with Gasteiger partial charge < -0.3 is 20.3 Å². The van der Waals surface area contributed by atoms with E-state index in [9.17, 15) is 14.7 Å². The van der Waals surface area contributed by atoms with Gasteiger partial charge in [0, 0.05) is 6.20 Å². The highest BCUT2D eigenvalue weighted by Crippen LogP contribution is 2.25. The van der Waals surface area contributed by atoms with E-state index in [4.69, 9.17) is 9.84 Å². The second kappa shape index (κ2) is 6.38. The van der Waals surface area contributed by atoms with Crippen LogP contribution in [0.15, 0.2) is 42.7 Å². The van der Waals surface area contributed by atoms with Crippen LogP contribution in [-0.2, 0) is 4.79 Å². The van der Waals surface area contributed by atoms with Crippen LogP contribution in [0.1, 0.15) is 10.4 Å². The van der Waals surface area contributed by atoms with Crippen LogP contribution in [0.4, 0.5) is 5.69 Å². The zero-order chi connectivity index (χ0) is 15.2. The highest BCUT2D eigenvalue weighted by Gasteiger charge is 2.13. The summed E-state index contributed by atoms with van der Waals surface area (Å²) in [5, 5.41) is 20.7. The minimum absolute atomic E-state index is 0.0537. The van der Waals surface area contributed by atoms with E-state index in [0.717, 1.165) is 6.20 Å². The quantitative estimate of drug-likeness (QED) is 0.769. The van der Waals surface area contributed by atoms with Crippen LogP contribution in [-0.4, -0.2) is 33.7 Å². The third-order valence-corrected chi connectivity index (χ3v) is 2.53. The van der Waals surface area contributed by atoms with Crippen LogP contribution in [0.2, 0.25) is 0 Å². The van der Waals surface area contributed by atoms with E-state index >= 15 is 0 Å². The molecular weight excluding hydrogens is 276 g/mol. The van der Waals surface area contributed by atoms with E-state index in [1.165, 1.54) is 18.3 Å². The molecule has 3 N–H and O–H groups in total. The van der Waals surface area contributed by atoms with Crippen LogP contribution < -0.4 is 10.1 Å². The fourth-order valence-electron chi connectivity index (χ4n) is 1.60. The number of aromatic nitrogens is 1. The number of amides is 1. The summed E-state index contributed by atoms with van der Waals surface area (Å²) in [6, 6.07) is 7.77. The molecule has 0 atom stereocenters. The smallest absolute Gasteiger partial charge is 0.341 e. The van der Waals surface area contributed by atoms with Crippen LogP contribution in [0, 0.1) is 0 Å². The molecule has 7 nitrogen and oxygen atoms in total. The summed E-state index contributed by atoms with van der Waals surface area (Å²) in [6.07, 6.45) is 2.53. The largest absolute Gasteiger partial charge is 0.505 e. The van der Waals surface area contributed by atoms with E-state index < -0.39 is 18.5 Å². The zero-order valence-corrected chi connectivity index (χ0v) is 10.8. The number of anilines is 1. The lowest BCUT2D eigenvalue weighted by Crippen LogP contribution is -2.15. The lowest BCUT2D eigenvalue weighted by atomic mass is 10.2. The molecule has 0 bridgehead atoms. The average molecular weight is 288 g/mol. The number of rotatable bonds is 5. The van der Waals surface area contributed by atoms with Gasteiger partial charge in [-0.2, -0.15) is 0 Å². The summed E-state index contributed by atoms with van der Waals surface area (Å²) in [4.78, 5) is 26.3. The van der Waals surface area contributed by atoms with E-state index in [1.54, 1.807) is 18.2 Å². The fourth-order valence-corrected chi connectivity index (χ4v) is 1.60. The molecule has 0 radical (unpaired) electrons. The Labute approximate surface area is 119 Å². The molecule has 21 heavy (non-hydrogen) atoms. The zero-order valence-electron chi connectivity index (χ0n) is 10.8. The monoisotopic (exact) mass is 288 g/mol. The molecule has 7 heteroatoms. The first-order valence-corrected chi connectivity index (χ1v) is 5.96. The van der Waals surface area contributed by atoms with Crippen molar-refractivity contribution in [1.82, 2.24) is 4.98 Å². The predicted octanol–water partition coefficient (Wildman–Crippen LogP) is 1.50. The summed E-state index contributed by atoms with van der Waals surface area (Å²) in [7, 11) is 0. The number of aliphatic carboxylic acids is 1. The summed E-state index contributed by atoms with van der Waals surface area (Å²) >= 11 is 0. The van der Waals surface area contributed by atoms with Crippen molar-refractivity contribution in [3.8, 4) is 11.5 Å². The lowest BCUT2D eigenvalue weighted by Gasteiger charge is -2.11. The Hall–Kier alpha value is -3.09. The Morgan fingerprint density at radius 2 is 2.00 bits per heavy atom. The van der Waals surface area contributed by atoms with Crippen LogP contribution in [0.25, 0.3) is 0 Å². The molecule has 2 rings (SSSR count). The number of hydrogen-bond acceptors (Lipinski definition) is 5. The molecule has 0 unspecified atom stereocenters. The van der Waals surface area contributed by atoms with Crippen LogP contribution >= 0.6 is 0 Å². The summed E-state index contributed by atoms with van der Waals surface area (Å²) in [6.45, 7) is -0.520. The highest BCUT2D eigenvalue weighted by atomic mass is 16.5. The second-order valence-electron chi connectivity index (χ2n) is 4.03. The van der Waals surface area contributed by atoms with Crippen molar-refractivity contribution in [3.05, 3.63) is 48.3 Å². The van der Waals surface area contributed by atoms with E-state index in [0.29, 0.717) is 5.69 Å². The standard InChI is InChI=1S/C14H12N2O5/c17-11-7-15-6-5-9(11)14(20)16-10-3-1-2-4-12(10)21-8-13(18)19/h1-7,17H,8H2,(H,16,20)(H,18,19). The number of carboxylic acids is 1. The number of pyridine rings is 1. The van der Waals surface area contributed by atoms with Crippen molar-refractivity contribution in [2.45, 2.75) is 0 Å². The molecule has 1 heterocycles. The van der Waals surface area contributed by atoms with Gasteiger partial charge in [0.25, 0.3) is 5.91 Å². The molecule has 0 saturated carbocycles. The third kappa shape index (κ3) is 3.69. The van der Waals surface area contributed by atoms with Crippen molar-refractivity contribution < 1.29 is 24.5 Å².